The molecule has 0 aliphatic heterocycles. The monoisotopic (exact) mass is 381 g/mol. The Bertz CT molecular complexity index is 772. The van der Waals surface area contributed by atoms with Crippen LogP contribution >= 0.6 is 0 Å². The highest BCUT2D eigenvalue weighted by atomic mass is 16.5. The summed E-state index contributed by atoms with van der Waals surface area (Å²) in [6.45, 7) is 1.30. The average Bonchev–Trinajstić information content (AvgIpc) is 2.74. The second-order valence-electron chi connectivity index (χ2n) is 7.52. The van der Waals surface area contributed by atoms with Gasteiger partial charge in [-0.25, -0.2) is 4.79 Å². The van der Waals surface area contributed by atoms with Crippen molar-refractivity contribution in [3.05, 3.63) is 59.7 Å². The van der Waals surface area contributed by atoms with Crippen LogP contribution in [0.15, 0.2) is 48.5 Å². The van der Waals surface area contributed by atoms with Gasteiger partial charge in [0.2, 0.25) is 0 Å². The van der Waals surface area contributed by atoms with Gasteiger partial charge in [0, 0.05) is 24.8 Å². The summed E-state index contributed by atoms with van der Waals surface area (Å²) in [5, 5.41) is 5.93. The molecule has 5 nitrogen and oxygen atoms in total. The minimum atomic E-state index is -0.199. The highest BCUT2D eigenvalue weighted by Gasteiger charge is 2.19. The van der Waals surface area contributed by atoms with E-state index >= 15 is 0 Å². The first-order valence-corrected chi connectivity index (χ1v) is 10.1. The third-order valence-corrected chi connectivity index (χ3v) is 5.47. The van der Waals surface area contributed by atoms with Crippen molar-refractivity contribution >= 4 is 11.7 Å². The molecule has 2 aromatic rings. The molecule has 0 bridgehead atoms. The van der Waals surface area contributed by atoms with Crippen molar-refractivity contribution in [2.45, 2.75) is 51.2 Å². The van der Waals surface area contributed by atoms with Crippen LogP contribution < -0.4 is 15.4 Å². The fourth-order valence-corrected chi connectivity index (χ4v) is 3.83. The topological polar surface area (TPSA) is 53.6 Å². The van der Waals surface area contributed by atoms with E-state index in [0.29, 0.717) is 12.6 Å². The van der Waals surface area contributed by atoms with Crippen molar-refractivity contribution in [2.24, 2.45) is 0 Å². The van der Waals surface area contributed by atoms with Gasteiger partial charge in [0.05, 0.1) is 7.11 Å². The van der Waals surface area contributed by atoms with Gasteiger partial charge in [-0.1, -0.05) is 49.6 Å². The number of hydrogen-bond acceptors (Lipinski definition) is 3. The molecule has 28 heavy (non-hydrogen) atoms. The Hall–Kier alpha value is -2.53. The van der Waals surface area contributed by atoms with Crippen LogP contribution in [0, 0.1) is 0 Å². The molecule has 2 amide bonds. The first kappa shape index (κ1) is 20.2. The maximum Gasteiger partial charge on any atom is 0.319 e. The first-order valence-electron chi connectivity index (χ1n) is 10.1. The predicted molar refractivity (Wildman–Crippen MR) is 114 cm³/mol. The molecule has 2 N–H and O–H groups in total. The SMILES string of the molecule is COc1cccc(CNC(=O)Nc2ccccc2CN(C)C2CCCCC2)c1. The number of hydrogen-bond donors (Lipinski definition) is 2. The molecule has 0 spiro atoms. The summed E-state index contributed by atoms with van der Waals surface area (Å²) in [7, 11) is 3.83. The molecule has 0 aromatic heterocycles. The Morgan fingerprint density at radius 1 is 1.11 bits per heavy atom. The number of nitrogens with one attached hydrogen (secondary N) is 2. The Morgan fingerprint density at radius 2 is 1.89 bits per heavy atom. The van der Waals surface area contributed by atoms with Crippen LogP contribution in [0.4, 0.5) is 10.5 Å². The first-order chi connectivity index (χ1) is 13.7. The van der Waals surface area contributed by atoms with E-state index in [-0.39, 0.29) is 6.03 Å². The molecule has 0 saturated heterocycles. The Morgan fingerprint density at radius 3 is 2.68 bits per heavy atom. The Balaban J connectivity index is 1.56. The summed E-state index contributed by atoms with van der Waals surface area (Å²) in [6, 6.07) is 16.2. The van der Waals surface area contributed by atoms with Crippen molar-refractivity contribution in [2.75, 3.05) is 19.5 Å². The third-order valence-electron chi connectivity index (χ3n) is 5.47. The van der Waals surface area contributed by atoms with Crippen molar-refractivity contribution in [3.8, 4) is 5.75 Å². The van der Waals surface area contributed by atoms with Gasteiger partial charge in [0.25, 0.3) is 0 Å². The lowest BCUT2D eigenvalue weighted by molar-refractivity contribution is 0.185. The van der Waals surface area contributed by atoms with Crippen LogP contribution in [-0.4, -0.2) is 31.1 Å². The summed E-state index contributed by atoms with van der Waals surface area (Å²) in [5.41, 5.74) is 3.01. The Kier molecular flexibility index (Phi) is 7.31. The fourth-order valence-electron chi connectivity index (χ4n) is 3.83. The maximum absolute atomic E-state index is 12.4. The van der Waals surface area contributed by atoms with E-state index in [1.807, 2.05) is 42.5 Å². The maximum atomic E-state index is 12.4. The van der Waals surface area contributed by atoms with Crippen LogP contribution in [-0.2, 0) is 13.1 Å². The van der Waals surface area contributed by atoms with Gasteiger partial charge in [-0.15, -0.1) is 0 Å². The number of para-hydroxylation sites is 1. The zero-order chi connectivity index (χ0) is 19.8. The lowest BCUT2D eigenvalue weighted by atomic mass is 9.94. The Labute approximate surface area is 168 Å². The number of methoxy groups -OCH3 is 1. The average molecular weight is 382 g/mol. The quantitative estimate of drug-likeness (QED) is 0.726. The molecule has 1 fully saturated rings. The molecule has 150 valence electrons. The van der Waals surface area contributed by atoms with Crippen molar-refractivity contribution < 1.29 is 9.53 Å². The molecule has 0 unspecified atom stereocenters. The van der Waals surface area contributed by atoms with Crippen LogP contribution in [0.1, 0.15) is 43.2 Å². The van der Waals surface area contributed by atoms with Gasteiger partial charge in [0.15, 0.2) is 0 Å². The normalized spacial score (nSPS) is 14.7. The van der Waals surface area contributed by atoms with Gasteiger partial charge in [-0.2, -0.15) is 0 Å². The van der Waals surface area contributed by atoms with Gasteiger partial charge in [-0.3, -0.25) is 4.90 Å². The van der Waals surface area contributed by atoms with Crippen LogP contribution in [0.2, 0.25) is 0 Å². The minimum absolute atomic E-state index is 0.199. The molecule has 5 heteroatoms. The van der Waals surface area contributed by atoms with Gasteiger partial charge in [0.1, 0.15) is 5.75 Å². The van der Waals surface area contributed by atoms with Crippen LogP contribution in [0.25, 0.3) is 0 Å². The second kappa shape index (κ2) is 10.1. The smallest absolute Gasteiger partial charge is 0.319 e. The van der Waals surface area contributed by atoms with Gasteiger partial charge in [-0.05, 0) is 49.2 Å². The summed E-state index contributed by atoms with van der Waals surface area (Å²) in [6.07, 6.45) is 6.54. The van der Waals surface area contributed by atoms with E-state index in [1.165, 1.54) is 32.1 Å². The largest absolute Gasteiger partial charge is 0.497 e. The van der Waals surface area contributed by atoms with E-state index in [4.69, 9.17) is 4.74 Å². The van der Waals surface area contributed by atoms with E-state index in [2.05, 4.69) is 28.6 Å². The van der Waals surface area contributed by atoms with Crippen LogP contribution in [0.3, 0.4) is 0 Å². The van der Waals surface area contributed by atoms with Crippen molar-refractivity contribution in [3.63, 3.8) is 0 Å². The highest BCUT2D eigenvalue weighted by Crippen LogP contribution is 2.25. The molecular formula is C23H31N3O2. The number of rotatable bonds is 7. The number of amides is 2. The van der Waals surface area contributed by atoms with Crippen LogP contribution in [0.5, 0.6) is 5.75 Å². The highest BCUT2D eigenvalue weighted by molar-refractivity contribution is 5.90. The second-order valence-corrected chi connectivity index (χ2v) is 7.52. The number of urea groups is 1. The molecule has 3 rings (SSSR count). The number of nitrogens with zero attached hydrogens (tertiary/aromatic N) is 1. The summed E-state index contributed by atoms with van der Waals surface area (Å²) >= 11 is 0. The summed E-state index contributed by atoms with van der Waals surface area (Å²) in [4.78, 5) is 14.8. The van der Waals surface area contributed by atoms with Gasteiger partial charge >= 0.3 is 6.03 Å². The molecule has 0 heterocycles. The zero-order valence-electron chi connectivity index (χ0n) is 16.9. The van der Waals surface area contributed by atoms with Crippen molar-refractivity contribution in [1.82, 2.24) is 10.2 Å². The fraction of sp³-hybridized carbons (Fsp3) is 0.435. The number of carbonyl (C=O) groups excluding carboxylic acids is 1. The molecule has 1 aliphatic carbocycles. The van der Waals surface area contributed by atoms with Gasteiger partial charge < -0.3 is 15.4 Å². The lowest BCUT2D eigenvalue weighted by Gasteiger charge is -2.31. The molecular weight excluding hydrogens is 350 g/mol. The van der Waals surface area contributed by atoms with E-state index in [1.54, 1.807) is 7.11 Å². The molecule has 0 atom stereocenters. The third kappa shape index (κ3) is 5.73. The van der Waals surface area contributed by atoms with Crippen molar-refractivity contribution in [1.29, 1.82) is 0 Å². The number of benzene rings is 2. The predicted octanol–water partition coefficient (Wildman–Crippen LogP) is 4.78. The molecule has 1 aliphatic rings. The van der Waals surface area contributed by atoms with E-state index < -0.39 is 0 Å². The number of carbonyl (C=O) groups is 1. The zero-order valence-corrected chi connectivity index (χ0v) is 16.9. The lowest BCUT2D eigenvalue weighted by Crippen LogP contribution is -2.33. The molecule has 0 radical (unpaired) electrons. The standard InChI is InChI=1S/C23H31N3O2/c1-26(20-11-4-3-5-12-20)17-19-10-6-7-14-22(19)25-23(27)24-16-18-9-8-13-21(15-18)28-2/h6-10,13-15,20H,3-5,11-12,16-17H2,1-2H3,(H2,24,25,27). The minimum Gasteiger partial charge on any atom is -0.497 e. The number of anilines is 1. The van der Waals surface area contributed by atoms with E-state index in [0.717, 1.165) is 29.1 Å². The summed E-state index contributed by atoms with van der Waals surface area (Å²) in [5.74, 6) is 0.788. The van der Waals surface area contributed by atoms with E-state index in [9.17, 15) is 4.79 Å². The number of ether oxygens (including phenoxy) is 1. The molecule has 2 aromatic carbocycles. The summed E-state index contributed by atoms with van der Waals surface area (Å²) < 4.78 is 5.23. The molecule has 1 saturated carbocycles.